The third-order valence-electron chi connectivity index (χ3n) is 14.1. The second kappa shape index (κ2) is 29.2. The number of ether oxygens (including phenoxy) is 12. The molecule has 6 aliphatic heterocycles. The van der Waals surface area contributed by atoms with Gasteiger partial charge in [-0.25, -0.2) is 0 Å². The van der Waals surface area contributed by atoms with E-state index < -0.39 is 248 Å². The molecule has 0 aromatic heterocycles. The van der Waals surface area contributed by atoms with Gasteiger partial charge in [-0.05, 0) is 6.92 Å². The molecule has 6 fully saturated rings. The number of rotatable bonds is 23. The van der Waals surface area contributed by atoms with Gasteiger partial charge in [0.2, 0.25) is 18.2 Å². The molecular formula is C44H75N3O32. The van der Waals surface area contributed by atoms with Gasteiger partial charge in [0.05, 0.1) is 58.4 Å². The molecule has 0 aromatic carbocycles. The Bertz CT molecular complexity index is 1900. The fraction of sp³-hybridized carbons (Fsp3) is 0.932. The van der Waals surface area contributed by atoms with Crippen LogP contribution < -0.4 is 16.0 Å². The van der Waals surface area contributed by atoms with E-state index in [2.05, 4.69) is 16.0 Å². The fourth-order valence-electron chi connectivity index (χ4n) is 9.74. The largest absolute Gasteiger partial charge is 0.394 e. The highest BCUT2D eigenvalue weighted by atomic mass is 16.8. The molecule has 0 aliphatic carbocycles. The van der Waals surface area contributed by atoms with Crippen LogP contribution in [0, 0.1) is 0 Å². The normalized spacial score (nSPS) is 47.2. The molecule has 35 heteroatoms. The highest BCUT2D eigenvalue weighted by molar-refractivity contribution is 5.73. The second-order valence-electron chi connectivity index (χ2n) is 19.7. The highest BCUT2D eigenvalue weighted by Gasteiger charge is 2.58. The molecule has 0 spiro atoms. The lowest BCUT2D eigenvalue weighted by Gasteiger charge is -2.51. The molecule has 0 unspecified atom stereocenters. The summed E-state index contributed by atoms with van der Waals surface area (Å²) in [6, 6.07) is -4.45. The topological polar surface area (TPSA) is 542 Å². The van der Waals surface area contributed by atoms with Gasteiger partial charge in [-0.3, -0.25) is 14.4 Å². The standard InChI is InChI=1S/C44H75N3O32/c1-12-23(56)28(61)31(64)42(70-12)78-37-22(47-14(3)55)39(73-19(8-52)36(37)77-43-32(65)29(62)25(58)17(6-50)72-43)69-10-20-26(59)38(79-40-21(46-13(2)54)27(60)24(57)16(5-49)71-40)34(67)44(75-20)76-35-18(7-51)74-41(33(66)30(35)63)68-9-15(4-48)45-11-53/h11-12,15-44,48-52,56-67H,4-10H2,1-3H3,(H,45,53)(H,46,54)(H,47,55)/t12-,15+,16+,17+,18+,19+,20+,21+,22+,23+,24+,25-,26-,27+,28+,29-,30+,31-,32+,33+,34+,35+,36+,37+,38-,39+,40-,41+,42-,43-,44-/m0/s1. The summed E-state index contributed by atoms with van der Waals surface area (Å²) >= 11 is 0. The number of hydrogen-bond acceptors (Lipinski definition) is 32. The molecule has 79 heavy (non-hydrogen) atoms. The summed E-state index contributed by atoms with van der Waals surface area (Å²) in [6.07, 6.45) is -52.5. The van der Waals surface area contributed by atoms with Crippen LogP contribution in [-0.2, 0) is 71.2 Å². The van der Waals surface area contributed by atoms with E-state index in [0.717, 1.165) is 13.8 Å². The fourth-order valence-corrected chi connectivity index (χ4v) is 9.74. The van der Waals surface area contributed by atoms with Gasteiger partial charge in [-0.1, -0.05) is 0 Å². The highest BCUT2D eigenvalue weighted by Crippen LogP contribution is 2.37. The lowest BCUT2D eigenvalue weighted by Crippen LogP contribution is -2.70. The van der Waals surface area contributed by atoms with Gasteiger partial charge in [-0.2, -0.15) is 0 Å². The molecule has 0 saturated carbocycles. The zero-order valence-corrected chi connectivity index (χ0v) is 42.7. The molecule has 6 saturated heterocycles. The van der Waals surface area contributed by atoms with E-state index in [4.69, 9.17) is 56.8 Å². The number of carbonyl (C=O) groups excluding carboxylic acids is 3. The summed E-state index contributed by atoms with van der Waals surface area (Å²) in [5.41, 5.74) is 0. The maximum atomic E-state index is 13.0. The average molecular weight is 1160 g/mol. The molecule has 458 valence electrons. The van der Waals surface area contributed by atoms with Gasteiger partial charge >= 0.3 is 0 Å². The number of aliphatic hydroxyl groups is 17. The quantitative estimate of drug-likeness (QED) is 0.0423. The molecule has 31 atom stereocenters. The number of nitrogens with one attached hydrogen (secondary N) is 3. The average Bonchev–Trinajstić information content (AvgIpc) is 3.47. The summed E-state index contributed by atoms with van der Waals surface area (Å²) in [7, 11) is 0. The number of carbonyl (C=O) groups is 3. The predicted octanol–water partition coefficient (Wildman–Crippen LogP) is -13.7. The lowest BCUT2D eigenvalue weighted by molar-refractivity contribution is -0.385. The Morgan fingerprint density at radius 2 is 0.899 bits per heavy atom. The van der Waals surface area contributed by atoms with Gasteiger partial charge in [0.1, 0.15) is 140 Å². The Morgan fingerprint density at radius 3 is 1.48 bits per heavy atom. The Kier molecular flexibility index (Phi) is 24.2. The van der Waals surface area contributed by atoms with Crippen LogP contribution in [-0.4, -0.2) is 341 Å². The van der Waals surface area contributed by atoms with E-state index in [9.17, 15) is 101 Å². The van der Waals surface area contributed by atoms with Gasteiger partial charge in [-0.15, -0.1) is 0 Å². The van der Waals surface area contributed by atoms with Crippen molar-refractivity contribution in [2.24, 2.45) is 0 Å². The molecule has 6 heterocycles. The third kappa shape index (κ3) is 15.0. The minimum Gasteiger partial charge on any atom is -0.394 e. The predicted molar refractivity (Wildman–Crippen MR) is 245 cm³/mol. The maximum absolute atomic E-state index is 13.0. The second-order valence-corrected chi connectivity index (χ2v) is 19.7. The first-order valence-corrected chi connectivity index (χ1v) is 25.2. The third-order valence-corrected chi connectivity index (χ3v) is 14.1. The number of hydrogen-bond donors (Lipinski definition) is 20. The summed E-state index contributed by atoms with van der Waals surface area (Å²) in [5, 5.41) is 190. The first kappa shape index (κ1) is 65.4. The van der Waals surface area contributed by atoms with Crippen LogP contribution in [0.5, 0.6) is 0 Å². The zero-order chi connectivity index (χ0) is 58.3. The first-order chi connectivity index (χ1) is 37.4. The van der Waals surface area contributed by atoms with Crippen LogP contribution in [0.1, 0.15) is 20.8 Å². The van der Waals surface area contributed by atoms with E-state index in [0.29, 0.717) is 0 Å². The van der Waals surface area contributed by atoms with Crippen molar-refractivity contribution >= 4 is 18.2 Å². The van der Waals surface area contributed by atoms with Crippen LogP contribution in [0.4, 0.5) is 0 Å². The van der Waals surface area contributed by atoms with E-state index >= 15 is 0 Å². The first-order valence-electron chi connectivity index (χ1n) is 25.2. The van der Waals surface area contributed by atoms with Crippen LogP contribution in [0.25, 0.3) is 0 Å². The molecule has 20 N–H and O–H groups in total. The van der Waals surface area contributed by atoms with Crippen molar-refractivity contribution in [3.05, 3.63) is 0 Å². The Labute approximate surface area is 448 Å². The Morgan fingerprint density at radius 1 is 0.443 bits per heavy atom. The van der Waals surface area contributed by atoms with E-state index in [1.807, 2.05) is 0 Å². The van der Waals surface area contributed by atoms with E-state index in [1.54, 1.807) is 0 Å². The smallest absolute Gasteiger partial charge is 0.217 e. The molecule has 0 aromatic rings. The summed E-state index contributed by atoms with van der Waals surface area (Å²) in [5.74, 6) is -1.66. The van der Waals surface area contributed by atoms with Gasteiger partial charge in [0, 0.05) is 13.8 Å². The molecule has 6 rings (SSSR count). The van der Waals surface area contributed by atoms with Gasteiger partial charge in [0.25, 0.3) is 0 Å². The molecule has 0 bridgehead atoms. The molecule has 6 aliphatic rings. The van der Waals surface area contributed by atoms with Crippen molar-refractivity contribution in [1.29, 1.82) is 0 Å². The van der Waals surface area contributed by atoms with Crippen molar-refractivity contribution in [2.75, 3.05) is 46.2 Å². The summed E-state index contributed by atoms with van der Waals surface area (Å²) in [6.45, 7) is -2.63. The number of aliphatic hydroxyl groups excluding tert-OH is 17. The van der Waals surface area contributed by atoms with Crippen molar-refractivity contribution in [1.82, 2.24) is 16.0 Å². The molecule has 35 nitrogen and oxygen atoms in total. The minimum absolute atomic E-state index is 0.262. The molecule has 3 amide bonds. The maximum Gasteiger partial charge on any atom is 0.217 e. The Balaban J connectivity index is 1.34. The zero-order valence-electron chi connectivity index (χ0n) is 42.7. The van der Waals surface area contributed by atoms with Crippen molar-refractivity contribution in [3.63, 3.8) is 0 Å². The van der Waals surface area contributed by atoms with Crippen molar-refractivity contribution in [3.8, 4) is 0 Å². The van der Waals surface area contributed by atoms with Crippen molar-refractivity contribution in [2.45, 2.75) is 211 Å². The van der Waals surface area contributed by atoms with Crippen LogP contribution in [0.15, 0.2) is 0 Å². The monoisotopic (exact) mass is 1160 g/mol. The lowest BCUT2D eigenvalue weighted by atomic mass is 9.94. The summed E-state index contributed by atoms with van der Waals surface area (Å²) in [4.78, 5) is 36.3. The van der Waals surface area contributed by atoms with Gasteiger partial charge in [0.15, 0.2) is 37.7 Å². The van der Waals surface area contributed by atoms with Gasteiger partial charge < -0.3 is 160 Å². The van der Waals surface area contributed by atoms with E-state index in [1.165, 1.54) is 6.92 Å². The van der Waals surface area contributed by atoms with Crippen molar-refractivity contribution < 1.29 is 158 Å². The summed E-state index contributed by atoms with van der Waals surface area (Å²) < 4.78 is 70.4. The van der Waals surface area contributed by atoms with Crippen LogP contribution in [0.2, 0.25) is 0 Å². The molecule has 0 radical (unpaired) electrons. The Hall–Kier alpha value is -2.75. The SMILES string of the molecule is CC(=O)N[C@H]1[C@H](O[C@H]2[C@@H](O)[C@@H](CO[C@@H]3O[C@H](CO)[C@@H](O[C@@H]4O[C@H](CO)[C@H](O)[C@H](O)[C@H]4O)[C@H](O[C@@H]4O[C@@H](C)[C@@H](O)[C@@H](O)[C@@H]4O)[C@H]3NC(C)=O)O[C@@H](O[C@H]3[C@H](O)[C@@H](O)[C@H](OC[C@@H](CO)NC=O)O[C@@H]3CO)[C@@H]2O)O[C@H](CO)[C@@H](O)[C@@H]1O. The van der Waals surface area contributed by atoms with E-state index in [-0.39, 0.29) is 6.41 Å². The minimum atomic E-state index is -2.25. The number of amides is 3. The van der Waals surface area contributed by atoms with Crippen LogP contribution in [0.3, 0.4) is 0 Å². The molecular weight excluding hydrogens is 1080 g/mol. The van der Waals surface area contributed by atoms with Crippen LogP contribution >= 0.6 is 0 Å².